The number of rotatable bonds is 13. The number of imide groups is 1. The van der Waals surface area contributed by atoms with Crippen molar-refractivity contribution >= 4 is 36.0 Å². The van der Waals surface area contributed by atoms with Crippen molar-refractivity contribution in [1.82, 2.24) is 21.3 Å². The zero-order chi connectivity index (χ0) is 28.8. The number of hydrogen-bond acceptors (Lipinski definition) is 7. The second-order valence-corrected chi connectivity index (χ2v) is 9.24. The molecule has 3 atom stereocenters. The third-order valence-corrected chi connectivity index (χ3v) is 5.56. The molecular formula is C28H34N4O7. The number of amides is 5. The molecule has 208 valence electrons. The topological polar surface area (TPSA) is 160 Å². The van der Waals surface area contributed by atoms with Crippen molar-refractivity contribution in [2.75, 3.05) is 0 Å². The summed E-state index contributed by atoms with van der Waals surface area (Å²) in [6.07, 6.45) is -0.800. The molecule has 2 aromatic rings. The summed E-state index contributed by atoms with van der Waals surface area (Å²) in [6.45, 7) is 4.62. The number of hydrogen-bond donors (Lipinski definition) is 4. The molecule has 0 unspecified atom stereocenters. The van der Waals surface area contributed by atoms with E-state index in [0.717, 1.165) is 18.1 Å². The highest BCUT2D eigenvalue weighted by atomic mass is 16.5. The first-order valence-corrected chi connectivity index (χ1v) is 12.5. The minimum Gasteiger partial charge on any atom is -0.445 e. The lowest BCUT2D eigenvalue weighted by Crippen LogP contribution is -2.57. The Morgan fingerprint density at radius 2 is 1.41 bits per heavy atom. The van der Waals surface area contributed by atoms with Gasteiger partial charge in [-0.05, 0) is 17.0 Å². The molecule has 0 saturated carbocycles. The van der Waals surface area contributed by atoms with E-state index < -0.39 is 54.3 Å². The van der Waals surface area contributed by atoms with E-state index in [1.54, 1.807) is 56.3 Å². The third-order valence-electron chi connectivity index (χ3n) is 5.56. The number of benzene rings is 2. The van der Waals surface area contributed by atoms with Crippen LogP contribution in [0.1, 0.15) is 38.3 Å². The monoisotopic (exact) mass is 538 g/mol. The third kappa shape index (κ3) is 11.2. The van der Waals surface area contributed by atoms with Crippen LogP contribution in [0.2, 0.25) is 0 Å². The summed E-state index contributed by atoms with van der Waals surface area (Å²) in [4.78, 5) is 73.3. The minimum absolute atomic E-state index is 0.0163. The maximum absolute atomic E-state index is 13.2. The Morgan fingerprint density at radius 1 is 0.821 bits per heavy atom. The van der Waals surface area contributed by atoms with Crippen molar-refractivity contribution in [1.29, 1.82) is 0 Å². The lowest BCUT2D eigenvalue weighted by atomic mass is 10.0. The molecule has 0 heterocycles. The predicted octanol–water partition coefficient (Wildman–Crippen LogP) is 1.40. The molecule has 0 aliphatic carbocycles. The van der Waals surface area contributed by atoms with Crippen LogP contribution in [-0.4, -0.2) is 54.1 Å². The fourth-order valence-corrected chi connectivity index (χ4v) is 3.61. The Kier molecular flexibility index (Phi) is 12.3. The van der Waals surface area contributed by atoms with Gasteiger partial charge < -0.3 is 25.5 Å². The zero-order valence-corrected chi connectivity index (χ0v) is 22.1. The molecule has 0 radical (unpaired) electrons. The number of nitrogens with one attached hydrogen (secondary N) is 4. The molecule has 2 rings (SSSR count). The number of aldehydes is 1. The maximum atomic E-state index is 13.2. The molecule has 0 fully saturated rings. The highest BCUT2D eigenvalue weighted by Gasteiger charge is 2.30. The summed E-state index contributed by atoms with van der Waals surface area (Å²) in [5.41, 5.74) is 1.51. The Hall–Kier alpha value is -4.54. The average molecular weight is 539 g/mol. The Bertz CT molecular complexity index is 1140. The molecule has 11 nitrogen and oxygen atoms in total. The number of carbonyl (C=O) groups is 6. The quantitative estimate of drug-likeness (QED) is 0.281. The number of carbonyl (C=O) groups excluding carboxylic acids is 6. The molecule has 0 aliphatic rings. The van der Waals surface area contributed by atoms with Gasteiger partial charge in [0.05, 0.1) is 12.5 Å². The van der Waals surface area contributed by atoms with E-state index in [1.165, 1.54) is 0 Å². The lowest BCUT2D eigenvalue weighted by Gasteiger charge is -2.26. The largest absolute Gasteiger partial charge is 0.445 e. The van der Waals surface area contributed by atoms with Gasteiger partial charge in [-0.2, -0.15) is 0 Å². The van der Waals surface area contributed by atoms with Gasteiger partial charge in [-0.1, -0.05) is 74.5 Å². The number of ether oxygens (including phenoxy) is 1. The van der Waals surface area contributed by atoms with Crippen molar-refractivity contribution in [3.63, 3.8) is 0 Å². The Labute approximate surface area is 227 Å². The summed E-state index contributed by atoms with van der Waals surface area (Å²) < 4.78 is 5.23. The van der Waals surface area contributed by atoms with E-state index in [4.69, 9.17) is 4.74 Å². The van der Waals surface area contributed by atoms with Gasteiger partial charge in [0.2, 0.25) is 23.6 Å². The fraction of sp³-hybridized carbons (Fsp3) is 0.357. The molecular weight excluding hydrogens is 504 g/mol. The van der Waals surface area contributed by atoms with Gasteiger partial charge >= 0.3 is 6.09 Å². The highest BCUT2D eigenvalue weighted by Crippen LogP contribution is 2.08. The first-order valence-electron chi connectivity index (χ1n) is 12.5. The minimum atomic E-state index is -1.22. The summed E-state index contributed by atoms with van der Waals surface area (Å²) in [7, 11) is 0. The van der Waals surface area contributed by atoms with E-state index in [-0.39, 0.29) is 18.9 Å². The molecule has 39 heavy (non-hydrogen) atoms. The first kappa shape index (κ1) is 30.7. The van der Waals surface area contributed by atoms with Crippen LogP contribution in [0, 0.1) is 5.92 Å². The molecule has 0 spiro atoms. The smallest absolute Gasteiger partial charge is 0.408 e. The van der Waals surface area contributed by atoms with Gasteiger partial charge in [0.15, 0.2) is 0 Å². The predicted molar refractivity (Wildman–Crippen MR) is 142 cm³/mol. The van der Waals surface area contributed by atoms with Crippen LogP contribution in [-0.2, 0) is 41.7 Å². The Balaban J connectivity index is 2.11. The highest BCUT2D eigenvalue weighted by molar-refractivity contribution is 5.96. The van der Waals surface area contributed by atoms with E-state index in [2.05, 4.69) is 16.0 Å². The van der Waals surface area contributed by atoms with Crippen molar-refractivity contribution in [2.45, 2.75) is 58.3 Å². The van der Waals surface area contributed by atoms with Crippen LogP contribution in [0.5, 0.6) is 0 Å². The van der Waals surface area contributed by atoms with Crippen molar-refractivity contribution in [2.24, 2.45) is 5.92 Å². The second-order valence-electron chi connectivity index (χ2n) is 9.24. The van der Waals surface area contributed by atoms with Gasteiger partial charge in [-0.25, -0.2) is 4.79 Å². The van der Waals surface area contributed by atoms with Crippen molar-refractivity contribution < 1.29 is 33.5 Å². The normalized spacial score (nSPS) is 12.8. The SMILES string of the molecule is CC(=O)NC(=O)C[C@@H](C=O)NC(=O)[C@H](Cc1ccccc1)NC(=O)[C@@H](NC(=O)OCc1ccccc1)C(C)C. The molecule has 0 bridgehead atoms. The maximum Gasteiger partial charge on any atom is 0.408 e. The van der Waals surface area contributed by atoms with Crippen LogP contribution < -0.4 is 21.3 Å². The van der Waals surface area contributed by atoms with Crippen LogP contribution in [0.15, 0.2) is 60.7 Å². The van der Waals surface area contributed by atoms with E-state index in [9.17, 15) is 28.8 Å². The average Bonchev–Trinajstić information content (AvgIpc) is 2.90. The molecule has 4 N–H and O–H groups in total. The lowest BCUT2D eigenvalue weighted by molar-refractivity contribution is -0.133. The molecule has 5 amide bonds. The van der Waals surface area contributed by atoms with Gasteiger partial charge in [0, 0.05) is 13.3 Å². The summed E-state index contributed by atoms with van der Waals surface area (Å²) in [5.74, 6) is -3.03. The molecule has 0 saturated heterocycles. The van der Waals surface area contributed by atoms with Crippen LogP contribution in [0.4, 0.5) is 4.79 Å². The van der Waals surface area contributed by atoms with Crippen LogP contribution in [0.25, 0.3) is 0 Å². The van der Waals surface area contributed by atoms with Gasteiger partial charge in [0.1, 0.15) is 25.0 Å². The molecule has 2 aromatic carbocycles. The van der Waals surface area contributed by atoms with Crippen molar-refractivity contribution in [3.05, 3.63) is 71.8 Å². The van der Waals surface area contributed by atoms with E-state index in [1.807, 2.05) is 23.5 Å². The van der Waals surface area contributed by atoms with Gasteiger partial charge in [0.25, 0.3) is 0 Å². The Morgan fingerprint density at radius 3 is 1.95 bits per heavy atom. The van der Waals surface area contributed by atoms with Gasteiger partial charge in [-0.15, -0.1) is 0 Å². The standard InChI is InChI=1S/C28H34N4O7/c1-18(2)25(32-28(38)39-17-21-12-8-5-9-13-21)27(37)31-23(14-20-10-6-4-7-11-20)26(36)30-22(16-33)15-24(35)29-19(3)34/h4-13,16,18,22-23,25H,14-15,17H2,1-3H3,(H,30,36)(H,31,37)(H,32,38)(H,29,34,35)/t22-,23-,25-/m0/s1. The van der Waals surface area contributed by atoms with E-state index >= 15 is 0 Å². The van der Waals surface area contributed by atoms with Crippen LogP contribution in [0.3, 0.4) is 0 Å². The fourth-order valence-electron chi connectivity index (χ4n) is 3.61. The summed E-state index contributed by atoms with van der Waals surface area (Å²) in [5, 5.41) is 9.67. The summed E-state index contributed by atoms with van der Waals surface area (Å²) >= 11 is 0. The second kappa shape index (κ2) is 15.7. The molecule has 0 aromatic heterocycles. The van der Waals surface area contributed by atoms with Crippen LogP contribution >= 0.6 is 0 Å². The number of alkyl carbamates (subject to hydrolysis) is 1. The van der Waals surface area contributed by atoms with Crippen molar-refractivity contribution in [3.8, 4) is 0 Å². The summed E-state index contributed by atoms with van der Waals surface area (Å²) in [6, 6.07) is 14.5. The van der Waals surface area contributed by atoms with E-state index in [0.29, 0.717) is 6.29 Å². The first-order chi connectivity index (χ1) is 18.6. The molecule has 11 heteroatoms. The molecule has 0 aliphatic heterocycles. The zero-order valence-electron chi connectivity index (χ0n) is 22.1. The van der Waals surface area contributed by atoms with Gasteiger partial charge in [-0.3, -0.25) is 24.5 Å².